The number of amides is 1. The fourth-order valence-electron chi connectivity index (χ4n) is 1.94. The van der Waals surface area contributed by atoms with Gasteiger partial charge in [0.2, 0.25) is 0 Å². The summed E-state index contributed by atoms with van der Waals surface area (Å²) in [6.07, 6.45) is 0. The van der Waals surface area contributed by atoms with Crippen molar-refractivity contribution in [2.75, 3.05) is 12.4 Å². The zero-order valence-corrected chi connectivity index (χ0v) is 12.9. The van der Waals surface area contributed by atoms with Gasteiger partial charge < -0.3 is 10.2 Å². The van der Waals surface area contributed by atoms with Crippen LogP contribution >= 0.6 is 11.3 Å². The smallest absolute Gasteiger partial charge is 0.282 e. The number of nitrogens with zero attached hydrogens (tertiary/aromatic N) is 1. The highest BCUT2D eigenvalue weighted by Crippen LogP contribution is 2.09. The Hall–Kier alpha value is -2.16. The summed E-state index contributed by atoms with van der Waals surface area (Å²) in [4.78, 5) is 14.7. The van der Waals surface area contributed by atoms with Crippen LogP contribution in [0.5, 0.6) is 0 Å². The molecule has 0 fully saturated rings. The second-order valence-corrected chi connectivity index (χ2v) is 6.03. The number of hydrogen-bond donors (Lipinski definition) is 2. The van der Waals surface area contributed by atoms with Crippen molar-refractivity contribution in [3.05, 3.63) is 52.2 Å². The maximum atomic E-state index is 12.2. The monoisotopic (exact) mass is 300 g/mol. The first kappa shape index (κ1) is 15.2. The first-order valence-corrected chi connectivity index (χ1v) is 7.64. The van der Waals surface area contributed by atoms with Gasteiger partial charge in [-0.1, -0.05) is 6.07 Å². The minimum atomic E-state index is -0.150. The predicted molar refractivity (Wildman–Crippen MR) is 84.2 cm³/mol. The molecule has 0 aliphatic heterocycles. The van der Waals surface area contributed by atoms with E-state index in [-0.39, 0.29) is 11.9 Å². The third kappa shape index (κ3) is 4.15. The molecule has 0 aliphatic rings. The van der Waals surface area contributed by atoms with Gasteiger partial charge in [0.25, 0.3) is 5.91 Å². The van der Waals surface area contributed by atoms with Crippen molar-refractivity contribution in [1.82, 2.24) is 0 Å². The van der Waals surface area contributed by atoms with Crippen LogP contribution < -0.4 is 10.2 Å². The molecule has 0 aliphatic carbocycles. The molecule has 1 aromatic heterocycles. The normalized spacial score (nSPS) is 13.2. The van der Waals surface area contributed by atoms with Crippen LogP contribution in [0.15, 0.2) is 41.8 Å². The molecule has 2 aromatic rings. The number of likely N-dealkylation sites (N-methyl/N-ethyl adjacent to an activating group) is 1. The maximum Gasteiger partial charge on any atom is 0.282 e. The number of rotatable bonds is 5. The molecule has 0 radical (unpaired) electrons. The molecule has 0 saturated heterocycles. The van der Waals surface area contributed by atoms with E-state index in [0.29, 0.717) is 5.56 Å². The molecular formula is C16H18N3OS+. The van der Waals surface area contributed by atoms with Gasteiger partial charge in [-0.3, -0.25) is 4.79 Å². The highest BCUT2D eigenvalue weighted by atomic mass is 32.1. The molecule has 4 nitrogen and oxygen atoms in total. The number of thiophene rings is 1. The average molecular weight is 300 g/mol. The molecule has 0 bridgehead atoms. The molecule has 0 spiro atoms. The molecule has 108 valence electrons. The predicted octanol–water partition coefficient (Wildman–Crippen LogP) is 1.66. The summed E-state index contributed by atoms with van der Waals surface area (Å²) >= 11 is 1.71. The SMILES string of the molecule is C[C@@H](C(=O)Nc1ccc(C#N)cc1)[NH+](C)Cc1cccs1. The van der Waals surface area contributed by atoms with Crippen LogP contribution in [0.4, 0.5) is 5.69 Å². The van der Waals surface area contributed by atoms with Gasteiger partial charge in [-0.15, -0.1) is 11.3 Å². The average Bonchev–Trinajstić information content (AvgIpc) is 3.00. The molecule has 1 heterocycles. The molecular weight excluding hydrogens is 282 g/mol. The summed E-state index contributed by atoms with van der Waals surface area (Å²) in [7, 11) is 2.02. The molecule has 5 heteroatoms. The topological polar surface area (TPSA) is 57.3 Å². The Kier molecular flexibility index (Phi) is 5.09. The fraction of sp³-hybridized carbons (Fsp3) is 0.250. The van der Waals surface area contributed by atoms with E-state index in [1.807, 2.05) is 25.4 Å². The fourth-order valence-corrected chi connectivity index (χ4v) is 2.74. The van der Waals surface area contributed by atoms with Crippen molar-refractivity contribution in [2.45, 2.75) is 19.5 Å². The number of carbonyl (C=O) groups is 1. The first-order chi connectivity index (χ1) is 10.1. The number of quaternary nitrogens is 1. The lowest BCUT2D eigenvalue weighted by Crippen LogP contribution is -3.12. The number of anilines is 1. The maximum absolute atomic E-state index is 12.2. The third-order valence-corrected chi connectivity index (χ3v) is 4.32. The molecule has 2 N–H and O–H groups in total. The van der Waals surface area contributed by atoms with Crippen molar-refractivity contribution >= 4 is 22.9 Å². The Labute approximate surface area is 128 Å². The van der Waals surface area contributed by atoms with E-state index in [1.165, 1.54) is 4.88 Å². The Morgan fingerprint density at radius 2 is 2.10 bits per heavy atom. The summed E-state index contributed by atoms with van der Waals surface area (Å²) < 4.78 is 0. The van der Waals surface area contributed by atoms with E-state index in [1.54, 1.807) is 35.6 Å². The Morgan fingerprint density at radius 1 is 1.38 bits per heavy atom. The Bertz CT molecular complexity index is 629. The van der Waals surface area contributed by atoms with Crippen LogP contribution in [0, 0.1) is 11.3 Å². The van der Waals surface area contributed by atoms with Gasteiger partial charge in [0, 0.05) is 5.69 Å². The lowest BCUT2D eigenvalue weighted by molar-refractivity contribution is -0.907. The van der Waals surface area contributed by atoms with Crippen LogP contribution in [0.25, 0.3) is 0 Å². The van der Waals surface area contributed by atoms with Crippen LogP contribution in [-0.4, -0.2) is 19.0 Å². The van der Waals surface area contributed by atoms with Crippen molar-refractivity contribution in [2.24, 2.45) is 0 Å². The summed E-state index contributed by atoms with van der Waals surface area (Å²) in [6, 6.07) is 12.9. The zero-order chi connectivity index (χ0) is 15.2. The van der Waals surface area contributed by atoms with Gasteiger partial charge in [-0.25, -0.2) is 0 Å². The second-order valence-electron chi connectivity index (χ2n) is 5.00. The van der Waals surface area contributed by atoms with Crippen LogP contribution in [0.1, 0.15) is 17.4 Å². The zero-order valence-electron chi connectivity index (χ0n) is 12.1. The van der Waals surface area contributed by atoms with Crippen LogP contribution in [-0.2, 0) is 11.3 Å². The highest BCUT2D eigenvalue weighted by Gasteiger charge is 2.22. The number of nitriles is 1. The lowest BCUT2D eigenvalue weighted by Gasteiger charge is -2.20. The molecule has 0 saturated carbocycles. The number of hydrogen-bond acceptors (Lipinski definition) is 3. The number of benzene rings is 1. The number of nitrogens with one attached hydrogen (secondary N) is 2. The van der Waals surface area contributed by atoms with Gasteiger partial charge in [0.1, 0.15) is 6.54 Å². The van der Waals surface area contributed by atoms with E-state index in [0.717, 1.165) is 17.1 Å². The molecule has 2 atom stereocenters. The number of carbonyl (C=O) groups excluding carboxylic acids is 1. The molecule has 2 rings (SSSR count). The summed E-state index contributed by atoms with van der Waals surface area (Å²) in [5.41, 5.74) is 1.30. The Morgan fingerprint density at radius 3 is 2.67 bits per heavy atom. The molecule has 1 aromatic carbocycles. The van der Waals surface area contributed by atoms with Crippen LogP contribution in [0.2, 0.25) is 0 Å². The molecule has 1 unspecified atom stereocenters. The van der Waals surface area contributed by atoms with Gasteiger partial charge in [0.05, 0.1) is 23.6 Å². The van der Waals surface area contributed by atoms with Gasteiger partial charge in [-0.2, -0.15) is 5.26 Å². The van der Waals surface area contributed by atoms with Crippen molar-refractivity contribution in [3.63, 3.8) is 0 Å². The van der Waals surface area contributed by atoms with E-state index >= 15 is 0 Å². The van der Waals surface area contributed by atoms with Gasteiger partial charge >= 0.3 is 0 Å². The quantitative estimate of drug-likeness (QED) is 0.882. The minimum absolute atomic E-state index is 0.0197. The largest absolute Gasteiger partial charge is 0.323 e. The van der Waals surface area contributed by atoms with E-state index in [2.05, 4.69) is 17.5 Å². The summed E-state index contributed by atoms with van der Waals surface area (Å²) in [6.45, 7) is 2.75. The van der Waals surface area contributed by atoms with Crippen molar-refractivity contribution in [1.29, 1.82) is 5.26 Å². The first-order valence-electron chi connectivity index (χ1n) is 6.76. The molecule has 1 amide bonds. The van der Waals surface area contributed by atoms with Crippen molar-refractivity contribution < 1.29 is 9.69 Å². The standard InChI is InChI=1S/C16H17N3OS/c1-12(19(2)11-15-4-3-9-21-15)16(20)18-14-7-5-13(10-17)6-8-14/h3-9,12H,11H2,1-2H3,(H,18,20)/p+1/t12-/m0/s1. The van der Waals surface area contributed by atoms with E-state index < -0.39 is 0 Å². The minimum Gasteiger partial charge on any atom is -0.323 e. The Balaban J connectivity index is 1.93. The summed E-state index contributed by atoms with van der Waals surface area (Å²) in [5, 5.41) is 13.7. The van der Waals surface area contributed by atoms with Gasteiger partial charge in [0.15, 0.2) is 6.04 Å². The molecule has 21 heavy (non-hydrogen) atoms. The van der Waals surface area contributed by atoms with Crippen molar-refractivity contribution in [3.8, 4) is 6.07 Å². The summed E-state index contributed by atoms with van der Waals surface area (Å²) in [5.74, 6) is -0.0197. The van der Waals surface area contributed by atoms with E-state index in [9.17, 15) is 4.79 Å². The third-order valence-electron chi connectivity index (χ3n) is 3.45. The van der Waals surface area contributed by atoms with E-state index in [4.69, 9.17) is 5.26 Å². The highest BCUT2D eigenvalue weighted by molar-refractivity contribution is 7.09. The van der Waals surface area contributed by atoms with Crippen LogP contribution in [0.3, 0.4) is 0 Å². The lowest BCUT2D eigenvalue weighted by atomic mass is 10.2. The second kappa shape index (κ2) is 7.02. The van der Waals surface area contributed by atoms with Gasteiger partial charge in [-0.05, 0) is 42.6 Å².